The summed E-state index contributed by atoms with van der Waals surface area (Å²) in [4.78, 5) is 95.8. The van der Waals surface area contributed by atoms with E-state index in [-0.39, 0.29) is 82.9 Å². The van der Waals surface area contributed by atoms with Crippen molar-refractivity contribution in [2.45, 2.75) is 64.2 Å². The number of carbonyl (C=O) groups excluding carboxylic acids is 8. The lowest BCUT2D eigenvalue weighted by Gasteiger charge is -2.12. The number of ether oxygens (including phenoxy) is 1. The maximum atomic E-state index is 12.0. The van der Waals surface area contributed by atoms with Crippen LogP contribution in [0.25, 0.3) is 0 Å². The molecular formula is C28H36N2O9S2. The van der Waals surface area contributed by atoms with Gasteiger partial charge in [-0.15, -0.1) is 0 Å². The van der Waals surface area contributed by atoms with Crippen LogP contribution in [0.3, 0.4) is 0 Å². The Morgan fingerprint density at radius 3 is 1.27 bits per heavy atom. The molecule has 0 unspecified atom stereocenters. The van der Waals surface area contributed by atoms with Crippen molar-refractivity contribution >= 4 is 68.9 Å². The molecule has 2 aliphatic rings. The molecule has 2 aliphatic heterocycles. The normalized spacial score (nSPS) is 14.5. The van der Waals surface area contributed by atoms with Crippen LogP contribution < -0.4 is 0 Å². The molecule has 4 amide bonds. The Morgan fingerprint density at radius 1 is 0.537 bits per heavy atom. The average Bonchev–Trinajstić information content (AvgIpc) is 3.44. The number of thioether (sulfide) groups is 2. The molecule has 0 fully saturated rings. The van der Waals surface area contributed by atoms with Crippen LogP contribution in [0.2, 0.25) is 0 Å². The summed E-state index contributed by atoms with van der Waals surface area (Å²) in [5.41, 5.74) is 0. The Hall–Kier alpha value is -2.90. The second kappa shape index (κ2) is 19.3. The molecule has 0 aromatic rings. The number of ketones is 2. The van der Waals surface area contributed by atoms with E-state index in [1.54, 1.807) is 0 Å². The molecule has 0 atom stereocenters. The van der Waals surface area contributed by atoms with E-state index in [0.29, 0.717) is 64.6 Å². The van der Waals surface area contributed by atoms with Gasteiger partial charge in [-0.2, -0.15) is 0 Å². The summed E-state index contributed by atoms with van der Waals surface area (Å²) in [6.07, 6.45) is 9.40. The Kier molecular flexibility index (Phi) is 16.1. The number of imide groups is 2. The fourth-order valence-corrected chi connectivity index (χ4v) is 5.34. The number of amides is 4. The third-order valence-corrected chi connectivity index (χ3v) is 8.09. The van der Waals surface area contributed by atoms with Crippen molar-refractivity contribution in [3.05, 3.63) is 24.3 Å². The molecule has 224 valence electrons. The van der Waals surface area contributed by atoms with Crippen molar-refractivity contribution in [3.8, 4) is 0 Å². The summed E-state index contributed by atoms with van der Waals surface area (Å²) in [6, 6.07) is 0. The van der Waals surface area contributed by atoms with Crippen LogP contribution in [0.4, 0.5) is 0 Å². The molecule has 0 spiro atoms. The summed E-state index contributed by atoms with van der Waals surface area (Å²) in [5.74, 6) is -1.49. The average molecular weight is 609 g/mol. The van der Waals surface area contributed by atoms with Gasteiger partial charge in [-0.1, -0.05) is 23.5 Å². The van der Waals surface area contributed by atoms with Gasteiger partial charge in [0.05, 0.1) is 11.5 Å². The highest BCUT2D eigenvalue weighted by Crippen LogP contribution is 2.14. The van der Waals surface area contributed by atoms with Gasteiger partial charge in [-0.05, 0) is 38.5 Å². The molecule has 11 nitrogen and oxygen atoms in total. The van der Waals surface area contributed by atoms with Crippen molar-refractivity contribution in [1.82, 2.24) is 9.80 Å². The SMILES string of the molecule is O=C(CCCN1C(=O)C=CC1=O)CSC(=O)CCCCOCCCCC(=O)SCC(=O)CCCN1C(=O)C=CC1=O. The lowest BCUT2D eigenvalue weighted by atomic mass is 10.2. The predicted molar refractivity (Wildman–Crippen MR) is 154 cm³/mol. The summed E-state index contributed by atoms with van der Waals surface area (Å²) in [5, 5.41) is -0.118. The van der Waals surface area contributed by atoms with Crippen LogP contribution in [0.1, 0.15) is 64.2 Å². The van der Waals surface area contributed by atoms with Gasteiger partial charge < -0.3 is 4.74 Å². The zero-order chi connectivity index (χ0) is 30.0. The largest absolute Gasteiger partial charge is 0.381 e. The highest BCUT2D eigenvalue weighted by molar-refractivity contribution is 8.14. The maximum absolute atomic E-state index is 12.0. The Bertz CT molecular complexity index is 953. The van der Waals surface area contributed by atoms with E-state index in [0.717, 1.165) is 33.3 Å². The molecule has 2 heterocycles. The molecule has 13 heteroatoms. The van der Waals surface area contributed by atoms with Crippen LogP contribution >= 0.6 is 23.5 Å². The molecule has 2 rings (SSSR count). The van der Waals surface area contributed by atoms with Gasteiger partial charge in [0.15, 0.2) is 10.2 Å². The van der Waals surface area contributed by atoms with E-state index in [1.807, 2.05) is 0 Å². The minimum absolute atomic E-state index is 0.0592. The van der Waals surface area contributed by atoms with E-state index in [9.17, 15) is 38.4 Å². The standard InChI is InChI=1S/C28H36N2O9S2/c31-21(7-5-15-29-23(33)11-12-24(29)34)19-40-27(37)9-1-3-17-39-18-4-2-10-28(38)41-20-22(32)8-6-16-30-25(35)13-14-26(30)36/h11-14H,1-10,15-20H2. The molecule has 0 saturated heterocycles. The molecule has 41 heavy (non-hydrogen) atoms. The lowest BCUT2D eigenvalue weighted by molar-refractivity contribution is -0.138. The maximum Gasteiger partial charge on any atom is 0.253 e. The first-order valence-electron chi connectivity index (χ1n) is 13.7. The van der Waals surface area contributed by atoms with Gasteiger partial charge in [0.25, 0.3) is 23.6 Å². The highest BCUT2D eigenvalue weighted by atomic mass is 32.2. The van der Waals surface area contributed by atoms with Crippen LogP contribution in [0.5, 0.6) is 0 Å². The summed E-state index contributed by atoms with van der Waals surface area (Å²) < 4.78 is 5.54. The van der Waals surface area contributed by atoms with E-state index in [4.69, 9.17) is 4.74 Å². The molecule has 0 bridgehead atoms. The molecule has 0 aromatic carbocycles. The molecule has 0 aliphatic carbocycles. The summed E-state index contributed by atoms with van der Waals surface area (Å²) in [6.45, 7) is 1.39. The van der Waals surface area contributed by atoms with Gasteiger partial charge >= 0.3 is 0 Å². The smallest absolute Gasteiger partial charge is 0.253 e. The third-order valence-electron chi connectivity index (χ3n) is 6.10. The van der Waals surface area contributed by atoms with Crippen LogP contribution in [-0.2, 0) is 43.1 Å². The van der Waals surface area contributed by atoms with Crippen molar-refractivity contribution in [1.29, 1.82) is 0 Å². The van der Waals surface area contributed by atoms with Crippen LogP contribution in [-0.4, -0.2) is 93.0 Å². The fourth-order valence-electron chi connectivity index (χ4n) is 3.83. The Balaban J connectivity index is 1.35. The van der Waals surface area contributed by atoms with Crippen molar-refractivity contribution in [3.63, 3.8) is 0 Å². The van der Waals surface area contributed by atoms with Gasteiger partial charge in [0, 0.05) is 76.3 Å². The first kappa shape index (κ1) is 34.3. The van der Waals surface area contributed by atoms with Gasteiger partial charge in [0.2, 0.25) is 0 Å². The van der Waals surface area contributed by atoms with Crippen LogP contribution in [0, 0.1) is 0 Å². The highest BCUT2D eigenvalue weighted by Gasteiger charge is 2.23. The van der Waals surface area contributed by atoms with E-state index >= 15 is 0 Å². The molecule has 0 saturated carbocycles. The minimum atomic E-state index is -0.369. The summed E-state index contributed by atoms with van der Waals surface area (Å²) in [7, 11) is 0. The third kappa shape index (κ3) is 14.0. The zero-order valence-electron chi connectivity index (χ0n) is 23.0. The lowest BCUT2D eigenvalue weighted by Crippen LogP contribution is -2.31. The summed E-state index contributed by atoms with van der Waals surface area (Å²) >= 11 is 1.98. The molecule has 0 aromatic heterocycles. The Labute approximate surface area is 247 Å². The number of rotatable bonds is 22. The first-order chi connectivity index (χ1) is 19.7. The number of carbonyl (C=O) groups is 8. The number of hydrogen-bond acceptors (Lipinski definition) is 11. The van der Waals surface area contributed by atoms with E-state index < -0.39 is 0 Å². The van der Waals surface area contributed by atoms with Gasteiger partial charge in [0.1, 0.15) is 11.6 Å². The number of hydrogen-bond donors (Lipinski definition) is 0. The molecule has 0 N–H and O–H groups in total. The minimum Gasteiger partial charge on any atom is -0.381 e. The zero-order valence-corrected chi connectivity index (χ0v) is 24.6. The van der Waals surface area contributed by atoms with Gasteiger partial charge in [-0.25, -0.2) is 0 Å². The number of unbranched alkanes of at least 4 members (excludes halogenated alkanes) is 2. The van der Waals surface area contributed by atoms with Crippen molar-refractivity contribution in [2.75, 3.05) is 37.8 Å². The quantitative estimate of drug-likeness (QED) is 0.132. The van der Waals surface area contributed by atoms with Crippen molar-refractivity contribution in [2.24, 2.45) is 0 Å². The van der Waals surface area contributed by atoms with E-state index in [2.05, 4.69) is 0 Å². The fraction of sp³-hybridized carbons (Fsp3) is 0.571. The van der Waals surface area contributed by atoms with Gasteiger partial charge in [-0.3, -0.25) is 48.2 Å². The molecular weight excluding hydrogens is 572 g/mol. The Morgan fingerprint density at radius 2 is 0.902 bits per heavy atom. The monoisotopic (exact) mass is 608 g/mol. The van der Waals surface area contributed by atoms with E-state index in [1.165, 1.54) is 24.3 Å². The van der Waals surface area contributed by atoms with Crippen molar-refractivity contribution < 1.29 is 43.1 Å². The molecule has 0 radical (unpaired) electrons. The first-order valence-corrected chi connectivity index (χ1v) is 15.6. The topological polar surface area (TPSA) is 152 Å². The predicted octanol–water partition coefficient (Wildman–Crippen LogP) is 2.41. The number of nitrogens with zero attached hydrogens (tertiary/aromatic N) is 2. The van der Waals surface area contributed by atoms with Crippen LogP contribution in [0.15, 0.2) is 24.3 Å². The second-order valence-corrected chi connectivity index (χ2v) is 11.5. The number of Topliss-reactive ketones (excluding diaryl/α,β-unsaturated/α-hetero) is 2. The second-order valence-electron chi connectivity index (χ2n) is 9.46.